The molecule has 9 heteroatoms. The van der Waals surface area contributed by atoms with Crippen LogP contribution in [0.1, 0.15) is 28.9 Å². The lowest BCUT2D eigenvalue weighted by Crippen LogP contribution is -2.21. The second-order valence-corrected chi connectivity index (χ2v) is 8.04. The van der Waals surface area contributed by atoms with Gasteiger partial charge in [-0.25, -0.2) is 13.8 Å². The van der Waals surface area contributed by atoms with Crippen molar-refractivity contribution in [1.29, 1.82) is 0 Å². The van der Waals surface area contributed by atoms with Gasteiger partial charge in [0.1, 0.15) is 17.7 Å². The molecule has 0 spiro atoms. The SMILES string of the molecule is C[C@@H](Oc1c(N)ncc2c(-c3ccc(C(=O)N(C)C)cc3)coc12)c1c(F)ccc(F)c1Cl. The van der Waals surface area contributed by atoms with E-state index in [1.54, 1.807) is 38.4 Å². The van der Waals surface area contributed by atoms with E-state index in [0.29, 0.717) is 22.1 Å². The van der Waals surface area contributed by atoms with Crippen LogP contribution in [0.5, 0.6) is 5.75 Å². The maximum atomic E-state index is 14.3. The van der Waals surface area contributed by atoms with Gasteiger partial charge >= 0.3 is 0 Å². The smallest absolute Gasteiger partial charge is 0.253 e. The summed E-state index contributed by atoms with van der Waals surface area (Å²) >= 11 is 5.96. The molecule has 2 aromatic carbocycles. The number of halogens is 3. The van der Waals surface area contributed by atoms with Gasteiger partial charge in [-0.3, -0.25) is 4.79 Å². The molecule has 170 valence electrons. The lowest BCUT2D eigenvalue weighted by Gasteiger charge is -2.18. The van der Waals surface area contributed by atoms with Crippen molar-refractivity contribution in [3.8, 4) is 16.9 Å². The second-order valence-electron chi connectivity index (χ2n) is 7.66. The lowest BCUT2D eigenvalue weighted by molar-refractivity contribution is 0.0827. The molecule has 4 rings (SSSR count). The molecule has 0 aliphatic heterocycles. The molecular weight excluding hydrogens is 452 g/mol. The molecule has 4 aromatic rings. The van der Waals surface area contributed by atoms with E-state index in [1.165, 1.54) is 24.3 Å². The summed E-state index contributed by atoms with van der Waals surface area (Å²) in [7, 11) is 3.36. The number of hydrogen-bond acceptors (Lipinski definition) is 5. The predicted octanol–water partition coefficient (Wildman–Crippen LogP) is 5.85. The van der Waals surface area contributed by atoms with Crippen LogP contribution in [0.15, 0.2) is 53.3 Å². The van der Waals surface area contributed by atoms with Gasteiger partial charge in [0, 0.05) is 37.0 Å². The molecule has 2 heterocycles. The van der Waals surface area contributed by atoms with E-state index in [-0.39, 0.29) is 28.1 Å². The number of anilines is 1. The average Bonchev–Trinajstić information content (AvgIpc) is 3.22. The Morgan fingerprint density at radius 1 is 1.15 bits per heavy atom. The summed E-state index contributed by atoms with van der Waals surface area (Å²) < 4.78 is 39.8. The molecule has 0 saturated heterocycles. The van der Waals surface area contributed by atoms with Crippen molar-refractivity contribution in [1.82, 2.24) is 9.88 Å². The van der Waals surface area contributed by atoms with Crippen LogP contribution in [-0.4, -0.2) is 29.9 Å². The fraction of sp³-hybridized carbons (Fsp3) is 0.167. The molecule has 0 radical (unpaired) electrons. The Morgan fingerprint density at radius 2 is 1.82 bits per heavy atom. The van der Waals surface area contributed by atoms with Gasteiger partial charge < -0.3 is 19.8 Å². The maximum absolute atomic E-state index is 14.3. The van der Waals surface area contributed by atoms with Crippen molar-refractivity contribution in [2.75, 3.05) is 19.8 Å². The summed E-state index contributed by atoms with van der Waals surface area (Å²) in [6.45, 7) is 1.52. The first-order valence-corrected chi connectivity index (χ1v) is 10.3. The van der Waals surface area contributed by atoms with E-state index >= 15 is 0 Å². The van der Waals surface area contributed by atoms with Gasteiger partial charge in [0.15, 0.2) is 11.4 Å². The molecule has 6 nitrogen and oxygen atoms in total. The lowest BCUT2D eigenvalue weighted by atomic mass is 10.0. The number of nitrogens with zero attached hydrogens (tertiary/aromatic N) is 2. The van der Waals surface area contributed by atoms with Crippen molar-refractivity contribution in [2.45, 2.75) is 13.0 Å². The number of hydrogen-bond donors (Lipinski definition) is 1. The number of benzene rings is 2. The van der Waals surface area contributed by atoms with Gasteiger partial charge in [-0.05, 0) is 36.8 Å². The number of carbonyl (C=O) groups is 1. The summed E-state index contributed by atoms with van der Waals surface area (Å²) in [6, 6.07) is 8.95. The molecule has 2 aromatic heterocycles. The average molecular weight is 472 g/mol. The minimum atomic E-state index is -0.979. The van der Waals surface area contributed by atoms with E-state index in [2.05, 4.69) is 4.98 Å². The molecule has 0 unspecified atom stereocenters. The van der Waals surface area contributed by atoms with Crippen LogP contribution < -0.4 is 10.5 Å². The van der Waals surface area contributed by atoms with E-state index in [1.807, 2.05) is 0 Å². The zero-order valence-corrected chi connectivity index (χ0v) is 18.8. The number of ether oxygens (including phenoxy) is 1. The molecule has 0 saturated carbocycles. The number of pyridine rings is 1. The van der Waals surface area contributed by atoms with Gasteiger partial charge in [0.2, 0.25) is 5.75 Å². The third kappa shape index (κ3) is 4.09. The molecule has 2 N–H and O–H groups in total. The first-order valence-electron chi connectivity index (χ1n) is 9.96. The summed E-state index contributed by atoms with van der Waals surface area (Å²) in [5.41, 5.74) is 8.20. The Labute approximate surface area is 193 Å². The standard InChI is InChI=1S/C24H20ClF2N3O3/c1-12(19-17(26)8-9-18(27)20(19)25)33-22-21-15(10-29-23(22)28)16(11-32-21)13-4-6-14(7-5-13)24(31)30(2)3/h4-12H,1-3H3,(H2,28,29)/t12-/m1/s1. The van der Waals surface area contributed by atoms with Crippen LogP contribution in [0.4, 0.5) is 14.6 Å². The van der Waals surface area contributed by atoms with E-state index < -0.39 is 17.7 Å². The zero-order valence-electron chi connectivity index (χ0n) is 18.0. The number of amides is 1. The highest BCUT2D eigenvalue weighted by molar-refractivity contribution is 6.31. The summed E-state index contributed by atoms with van der Waals surface area (Å²) in [5, 5.41) is 0.234. The Kier molecular flexibility index (Phi) is 5.95. The highest BCUT2D eigenvalue weighted by Gasteiger charge is 2.24. The minimum Gasteiger partial charge on any atom is -0.478 e. The first-order chi connectivity index (χ1) is 15.7. The van der Waals surface area contributed by atoms with Gasteiger partial charge in [-0.15, -0.1) is 0 Å². The molecule has 0 aliphatic rings. The third-order valence-electron chi connectivity index (χ3n) is 5.23. The van der Waals surface area contributed by atoms with Crippen LogP contribution in [0.25, 0.3) is 22.1 Å². The number of furan rings is 1. The van der Waals surface area contributed by atoms with Crippen molar-refractivity contribution in [2.24, 2.45) is 0 Å². The number of fused-ring (bicyclic) bond motifs is 1. The predicted molar refractivity (Wildman–Crippen MR) is 122 cm³/mol. The Bertz CT molecular complexity index is 1350. The summed E-state index contributed by atoms with van der Waals surface area (Å²) in [5.74, 6) is -1.47. The molecule has 0 bridgehead atoms. The van der Waals surface area contributed by atoms with Gasteiger partial charge in [-0.1, -0.05) is 23.7 Å². The Balaban J connectivity index is 1.72. The first kappa shape index (κ1) is 22.5. The van der Waals surface area contributed by atoms with Crippen LogP contribution in [0, 0.1) is 11.6 Å². The molecule has 1 amide bonds. The topological polar surface area (TPSA) is 81.6 Å². The van der Waals surface area contributed by atoms with Crippen LogP contribution in [0.2, 0.25) is 5.02 Å². The van der Waals surface area contributed by atoms with Gasteiger partial charge in [-0.2, -0.15) is 0 Å². The van der Waals surface area contributed by atoms with E-state index in [0.717, 1.165) is 17.7 Å². The fourth-order valence-electron chi connectivity index (χ4n) is 3.52. The van der Waals surface area contributed by atoms with Gasteiger partial charge in [0.25, 0.3) is 5.91 Å². The van der Waals surface area contributed by atoms with E-state index in [9.17, 15) is 13.6 Å². The number of rotatable bonds is 5. The summed E-state index contributed by atoms with van der Waals surface area (Å²) in [4.78, 5) is 17.8. The van der Waals surface area contributed by atoms with Crippen LogP contribution in [-0.2, 0) is 0 Å². The Morgan fingerprint density at radius 3 is 2.48 bits per heavy atom. The largest absolute Gasteiger partial charge is 0.478 e. The molecule has 0 fully saturated rings. The van der Waals surface area contributed by atoms with E-state index in [4.69, 9.17) is 26.5 Å². The molecule has 0 aliphatic carbocycles. The van der Waals surface area contributed by atoms with Crippen LogP contribution in [0.3, 0.4) is 0 Å². The zero-order chi connectivity index (χ0) is 23.9. The quantitative estimate of drug-likeness (QED) is 0.369. The maximum Gasteiger partial charge on any atom is 0.253 e. The Hall–Kier alpha value is -3.65. The van der Waals surface area contributed by atoms with Crippen molar-refractivity contribution in [3.63, 3.8) is 0 Å². The number of carbonyl (C=O) groups excluding carboxylic acids is 1. The van der Waals surface area contributed by atoms with Crippen molar-refractivity contribution >= 4 is 34.3 Å². The monoisotopic (exact) mass is 471 g/mol. The minimum absolute atomic E-state index is 0.0233. The second kappa shape index (κ2) is 8.71. The molecular formula is C24H20ClF2N3O3. The highest BCUT2D eigenvalue weighted by Crippen LogP contribution is 2.40. The molecule has 33 heavy (non-hydrogen) atoms. The number of aromatic nitrogens is 1. The van der Waals surface area contributed by atoms with Crippen molar-refractivity contribution in [3.05, 3.63) is 76.6 Å². The molecule has 1 atom stereocenters. The highest BCUT2D eigenvalue weighted by atomic mass is 35.5. The van der Waals surface area contributed by atoms with Gasteiger partial charge in [0.05, 0.1) is 16.7 Å². The normalized spacial score (nSPS) is 12.1. The fourth-order valence-corrected chi connectivity index (χ4v) is 3.83. The van der Waals surface area contributed by atoms with Crippen LogP contribution >= 0.6 is 11.6 Å². The number of nitrogens with two attached hydrogens (primary N) is 1. The van der Waals surface area contributed by atoms with Crippen molar-refractivity contribution < 1.29 is 22.7 Å². The third-order valence-corrected chi connectivity index (χ3v) is 5.61. The summed E-state index contributed by atoms with van der Waals surface area (Å²) in [6.07, 6.45) is 2.07. The number of nitrogen functional groups attached to an aromatic ring is 1.